The second kappa shape index (κ2) is 7.44. The second-order valence-electron chi connectivity index (χ2n) is 6.57. The molecule has 1 aromatic carbocycles. The molecule has 134 valence electrons. The summed E-state index contributed by atoms with van der Waals surface area (Å²) in [5.41, 5.74) is 1.96. The van der Waals surface area contributed by atoms with Gasteiger partial charge in [-0.15, -0.1) is 0 Å². The molecule has 0 bridgehead atoms. The van der Waals surface area contributed by atoms with Crippen LogP contribution in [0.3, 0.4) is 0 Å². The molecule has 2 heterocycles. The average Bonchev–Trinajstić information content (AvgIpc) is 2.62. The molecular formula is C19H25N3O2S. The van der Waals surface area contributed by atoms with Crippen LogP contribution in [0.1, 0.15) is 38.2 Å². The van der Waals surface area contributed by atoms with Crippen molar-refractivity contribution in [1.82, 2.24) is 4.98 Å². The topological polar surface area (TPSA) is 62.3 Å². The Morgan fingerprint density at radius 2 is 2.08 bits per heavy atom. The van der Waals surface area contributed by atoms with Gasteiger partial charge < -0.3 is 4.90 Å². The highest BCUT2D eigenvalue weighted by Gasteiger charge is 2.21. The van der Waals surface area contributed by atoms with Gasteiger partial charge in [0.15, 0.2) is 0 Å². The molecule has 1 saturated heterocycles. The summed E-state index contributed by atoms with van der Waals surface area (Å²) in [6, 6.07) is 11.1. The summed E-state index contributed by atoms with van der Waals surface area (Å²) in [6.45, 7) is 5.12. The summed E-state index contributed by atoms with van der Waals surface area (Å²) in [7, 11) is -3.62. The van der Waals surface area contributed by atoms with Crippen LogP contribution in [0.2, 0.25) is 0 Å². The number of nitrogens with one attached hydrogen (secondary N) is 1. The molecule has 1 atom stereocenters. The largest absolute Gasteiger partial charge is 0.367 e. The lowest BCUT2D eigenvalue weighted by molar-refractivity contribution is 0.449. The van der Waals surface area contributed by atoms with Crippen LogP contribution in [0.4, 0.5) is 11.5 Å². The van der Waals surface area contributed by atoms with Crippen LogP contribution in [0.15, 0.2) is 47.5 Å². The van der Waals surface area contributed by atoms with Gasteiger partial charge in [-0.3, -0.25) is 4.72 Å². The quantitative estimate of drug-likeness (QED) is 0.878. The number of aryl methyl sites for hydroxylation is 1. The standard InChI is InChI=1S/C19H25N3O2S/c1-3-16-8-4-5-12-22(16)17-10-11-19(20-14-17)21-25(23,24)18-9-6-7-15(2)13-18/h6-7,9-11,13-14,16H,3-5,8,12H2,1-2H3,(H,20,21). The number of hydrogen-bond acceptors (Lipinski definition) is 4. The highest BCUT2D eigenvalue weighted by Crippen LogP contribution is 2.27. The van der Waals surface area contributed by atoms with Crippen molar-refractivity contribution in [3.05, 3.63) is 48.2 Å². The Bertz CT molecular complexity index is 819. The summed E-state index contributed by atoms with van der Waals surface area (Å²) in [5.74, 6) is 0.343. The molecule has 0 saturated carbocycles. The number of rotatable bonds is 5. The molecule has 2 aromatic rings. The number of nitrogens with zero attached hydrogens (tertiary/aromatic N) is 2. The second-order valence-corrected chi connectivity index (χ2v) is 8.26. The zero-order chi connectivity index (χ0) is 17.9. The van der Waals surface area contributed by atoms with Gasteiger partial charge in [0.2, 0.25) is 0 Å². The number of sulfonamides is 1. The van der Waals surface area contributed by atoms with Crippen LogP contribution in [-0.4, -0.2) is 26.0 Å². The first kappa shape index (κ1) is 17.7. The molecular weight excluding hydrogens is 334 g/mol. The van der Waals surface area contributed by atoms with Crippen LogP contribution >= 0.6 is 0 Å². The van der Waals surface area contributed by atoms with E-state index in [2.05, 4.69) is 21.5 Å². The van der Waals surface area contributed by atoms with Crippen LogP contribution < -0.4 is 9.62 Å². The van der Waals surface area contributed by atoms with Crippen molar-refractivity contribution in [3.63, 3.8) is 0 Å². The maximum atomic E-state index is 12.5. The van der Waals surface area contributed by atoms with Gasteiger partial charge in [0, 0.05) is 12.6 Å². The molecule has 1 aromatic heterocycles. The third-order valence-electron chi connectivity index (χ3n) is 4.72. The van der Waals surface area contributed by atoms with E-state index in [1.54, 1.807) is 30.5 Å². The molecule has 1 fully saturated rings. The molecule has 3 rings (SSSR count). The monoisotopic (exact) mass is 359 g/mol. The summed E-state index contributed by atoms with van der Waals surface area (Å²) < 4.78 is 27.5. The third-order valence-corrected chi connectivity index (χ3v) is 6.07. The van der Waals surface area contributed by atoms with E-state index in [-0.39, 0.29) is 4.90 Å². The van der Waals surface area contributed by atoms with Gasteiger partial charge in [-0.25, -0.2) is 13.4 Å². The lowest BCUT2D eigenvalue weighted by atomic mass is 9.99. The molecule has 0 aliphatic carbocycles. The molecule has 1 aliphatic heterocycles. The van der Waals surface area contributed by atoms with Crippen molar-refractivity contribution in [2.45, 2.75) is 50.5 Å². The van der Waals surface area contributed by atoms with Crippen molar-refractivity contribution in [2.75, 3.05) is 16.2 Å². The van der Waals surface area contributed by atoms with Gasteiger partial charge in [0.1, 0.15) is 5.82 Å². The van der Waals surface area contributed by atoms with Gasteiger partial charge in [-0.05, 0) is 62.4 Å². The predicted octanol–water partition coefficient (Wildman–Crippen LogP) is 3.96. The minimum absolute atomic E-state index is 0.250. The Labute approximate surface area is 150 Å². The molecule has 1 aliphatic rings. The molecule has 0 amide bonds. The highest BCUT2D eigenvalue weighted by molar-refractivity contribution is 7.92. The maximum Gasteiger partial charge on any atom is 0.263 e. The molecule has 1 N–H and O–H groups in total. The maximum absolute atomic E-state index is 12.5. The summed E-state index contributed by atoms with van der Waals surface area (Å²) in [5, 5.41) is 0. The predicted molar refractivity (Wildman–Crippen MR) is 102 cm³/mol. The fourth-order valence-corrected chi connectivity index (χ4v) is 4.47. The van der Waals surface area contributed by atoms with Crippen LogP contribution in [-0.2, 0) is 10.0 Å². The number of hydrogen-bond donors (Lipinski definition) is 1. The molecule has 6 heteroatoms. The zero-order valence-electron chi connectivity index (χ0n) is 14.8. The minimum Gasteiger partial charge on any atom is -0.367 e. The number of benzene rings is 1. The molecule has 5 nitrogen and oxygen atoms in total. The normalized spacial score (nSPS) is 18.2. The van der Waals surface area contributed by atoms with Crippen molar-refractivity contribution in [3.8, 4) is 0 Å². The Morgan fingerprint density at radius 1 is 1.24 bits per heavy atom. The summed E-state index contributed by atoms with van der Waals surface area (Å²) >= 11 is 0. The Balaban J connectivity index is 1.76. The van der Waals surface area contributed by atoms with E-state index in [0.29, 0.717) is 11.9 Å². The van der Waals surface area contributed by atoms with Gasteiger partial charge in [0.05, 0.1) is 16.8 Å². The Kier molecular flexibility index (Phi) is 5.27. The first-order chi connectivity index (χ1) is 12.0. The van der Waals surface area contributed by atoms with Crippen molar-refractivity contribution < 1.29 is 8.42 Å². The number of piperidine rings is 1. The number of pyridine rings is 1. The van der Waals surface area contributed by atoms with E-state index < -0.39 is 10.0 Å². The highest BCUT2D eigenvalue weighted by atomic mass is 32.2. The number of anilines is 2. The Hall–Kier alpha value is -2.08. The van der Waals surface area contributed by atoms with Gasteiger partial charge in [-0.1, -0.05) is 19.1 Å². The van der Waals surface area contributed by atoms with Crippen molar-refractivity contribution in [2.24, 2.45) is 0 Å². The van der Waals surface area contributed by atoms with Gasteiger partial charge in [-0.2, -0.15) is 0 Å². The fraction of sp³-hybridized carbons (Fsp3) is 0.421. The van der Waals surface area contributed by atoms with E-state index >= 15 is 0 Å². The van der Waals surface area contributed by atoms with Crippen molar-refractivity contribution >= 4 is 21.5 Å². The fourth-order valence-electron chi connectivity index (χ4n) is 3.36. The zero-order valence-corrected chi connectivity index (χ0v) is 15.6. The lowest BCUT2D eigenvalue weighted by Gasteiger charge is -2.37. The average molecular weight is 359 g/mol. The minimum atomic E-state index is -3.62. The summed E-state index contributed by atoms with van der Waals surface area (Å²) in [4.78, 5) is 6.96. The molecule has 25 heavy (non-hydrogen) atoms. The van der Waals surface area contributed by atoms with E-state index in [4.69, 9.17) is 0 Å². The van der Waals surface area contributed by atoms with E-state index in [0.717, 1.165) is 24.2 Å². The van der Waals surface area contributed by atoms with Gasteiger partial charge in [0.25, 0.3) is 10.0 Å². The van der Waals surface area contributed by atoms with Gasteiger partial charge >= 0.3 is 0 Å². The first-order valence-corrected chi connectivity index (χ1v) is 10.3. The van der Waals surface area contributed by atoms with Crippen LogP contribution in [0.25, 0.3) is 0 Å². The third kappa shape index (κ3) is 4.12. The number of aromatic nitrogens is 1. The van der Waals surface area contributed by atoms with E-state index in [1.165, 1.54) is 19.3 Å². The summed E-state index contributed by atoms with van der Waals surface area (Å²) in [6.07, 6.45) is 6.55. The van der Waals surface area contributed by atoms with Crippen molar-refractivity contribution in [1.29, 1.82) is 0 Å². The van der Waals surface area contributed by atoms with E-state index in [9.17, 15) is 8.42 Å². The lowest BCUT2D eigenvalue weighted by Crippen LogP contribution is -2.39. The van der Waals surface area contributed by atoms with Crippen LogP contribution in [0.5, 0.6) is 0 Å². The SMILES string of the molecule is CCC1CCCCN1c1ccc(NS(=O)(=O)c2cccc(C)c2)nc1. The Morgan fingerprint density at radius 3 is 2.76 bits per heavy atom. The smallest absolute Gasteiger partial charge is 0.263 e. The van der Waals surface area contributed by atoms with Crippen LogP contribution in [0, 0.1) is 6.92 Å². The molecule has 0 radical (unpaired) electrons. The molecule has 0 spiro atoms. The first-order valence-electron chi connectivity index (χ1n) is 8.82. The van der Waals surface area contributed by atoms with E-state index in [1.807, 2.05) is 19.1 Å². The molecule has 1 unspecified atom stereocenters.